The minimum atomic E-state index is -3.78. The zero-order valence-corrected chi connectivity index (χ0v) is 14.7. The molecule has 0 saturated heterocycles. The monoisotopic (exact) mass is 358 g/mol. The Hall–Kier alpha value is -2.93. The highest BCUT2D eigenvalue weighted by Gasteiger charge is 2.18. The molecular weight excluding hydrogens is 340 g/mol. The number of aromatic nitrogens is 1. The zero-order chi connectivity index (χ0) is 17.9. The van der Waals surface area contributed by atoms with Crippen LogP contribution in [-0.4, -0.2) is 27.2 Å². The van der Waals surface area contributed by atoms with E-state index >= 15 is 0 Å². The lowest BCUT2D eigenvalue weighted by Gasteiger charge is -2.14. The fourth-order valence-corrected chi connectivity index (χ4v) is 3.56. The molecule has 7 heteroatoms. The van der Waals surface area contributed by atoms with E-state index in [0.717, 1.165) is 5.69 Å². The van der Waals surface area contributed by atoms with Gasteiger partial charge in [0.2, 0.25) is 0 Å². The second-order valence-electron chi connectivity index (χ2n) is 5.23. The number of hydrogen-bond donors (Lipinski definition) is 1. The molecule has 1 heterocycles. The van der Waals surface area contributed by atoms with Gasteiger partial charge in [-0.15, -0.1) is 0 Å². The van der Waals surface area contributed by atoms with E-state index in [1.165, 1.54) is 26.4 Å². The molecule has 0 atom stereocenters. The maximum absolute atomic E-state index is 12.8. The van der Waals surface area contributed by atoms with Crippen molar-refractivity contribution in [2.75, 3.05) is 18.9 Å². The molecule has 0 aliphatic carbocycles. The van der Waals surface area contributed by atoms with Gasteiger partial charge in [-0.05, 0) is 36.4 Å². The molecule has 0 radical (unpaired) electrons. The molecule has 1 N–H and O–H groups in total. The predicted octanol–water partition coefficient (Wildman–Crippen LogP) is 3.30. The molecule has 1 aromatic heterocycles. The molecule has 0 aliphatic heterocycles. The summed E-state index contributed by atoms with van der Waals surface area (Å²) < 4.78 is 40.4. The van der Waals surface area contributed by atoms with Gasteiger partial charge in [-0.3, -0.25) is 4.72 Å². The first kappa shape index (κ1) is 16.9. The Balaban J connectivity index is 1.98. The lowest BCUT2D eigenvalue weighted by molar-refractivity contribution is 0.354. The van der Waals surface area contributed by atoms with Gasteiger partial charge in [0.1, 0.15) is 0 Å². The molecule has 0 unspecified atom stereocenters. The average molecular weight is 358 g/mol. The fraction of sp³-hybridized carbons (Fsp3) is 0.111. The van der Waals surface area contributed by atoms with E-state index in [9.17, 15) is 8.42 Å². The number of nitrogens with one attached hydrogen (secondary N) is 1. The summed E-state index contributed by atoms with van der Waals surface area (Å²) in [5.74, 6) is 0.818. The quantitative estimate of drug-likeness (QED) is 0.734. The molecular formula is C18H18N2O4S. The van der Waals surface area contributed by atoms with Crippen LogP contribution in [0.2, 0.25) is 0 Å². The van der Waals surface area contributed by atoms with Crippen LogP contribution >= 0.6 is 0 Å². The van der Waals surface area contributed by atoms with Gasteiger partial charge < -0.3 is 14.0 Å². The van der Waals surface area contributed by atoms with Crippen LogP contribution in [0.15, 0.2) is 71.9 Å². The Morgan fingerprint density at radius 1 is 0.880 bits per heavy atom. The third-order valence-corrected chi connectivity index (χ3v) is 5.06. The van der Waals surface area contributed by atoms with Crippen LogP contribution in [0, 0.1) is 0 Å². The third-order valence-electron chi connectivity index (χ3n) is 3.70. The van der Waals surface area contributed by atoms with E-state index in [0.29, 0.717) is 17.2 Å². The van der Waals surface area contributed by atoms with E-state index < -0.39 is 10.0 Å². The highest BCUT2D eigenvalue weighted by Crippen LogP contribution is 2.31. The second kappa shape index (κ2) is 6.90. The lowest BCUT2D eigenvalue weighted by atomic mass is 10.3. The molecule has 0 spiro atoms. The number of anilines is 1. The van der Waals surface area contributed by atoms with Crippen molar-refractivity contribution in [3.63, 3.8) is 0 Å². The number of sulfonamides is 1. The molecule has 0 fully saturated rings. The Morgan fingerprint density at radius 2 is 1.56 bits per heavy atom. The molecule has 3 aromatic rings. The van der Waals surface area contributed by atoms with Crippen LogP contribution in [0.3, 0.4) is 0 Å². The molecule has 0 bridgehead atoms. The van der Waals surface area contributed by atoms with Gasteiger partial charge in [0.15, 0.2) is 11.5 Å². The summed E-state index contributed by atoms with van der Waals surface area (Å²) in [6, 6.07) is 15.4. The number of benzene rings is 2. The van der Waals surface area contributed by atoms with Gasteiger partial charge in [-0.25, -0.2) is 8.42 Å². The van der Waals surface area contributed by atoms with Crippen molar-refractivity contribution in [3.05, 3.63) is 67.0 Å². The van der Waals surface area contributed by atoms with E-state index in [2.05, 4.69) is 4.72 Å². The molecule has 3 rings (SSSR count). The Morgan fingerprint density at radius 3 is 2.24 bits per heavy atom. The number of ether oxygens (including phenoxy) is 2. The number of rotatable bonds is 6. The van der Waals surface area contributed by atoms with Gasteiger partial charge in [0, 0.05) is 18.5 Å². The second-order valence-corrected chi connectivity index (χ2v) is 6.91. The van der Waals surface area contributed by atoms with Crippen LogP contribution in [0.25, 0.3) is 5.69 Å². The summed E-state index contributed by atoms with van der Waals surface area (Å²) in [6.07, 6.45) is 3.70. The molecule has 130 valence electrons. The van der Waals surface area contributed by atoms with E-state index in [-0.39, 0.29) is 4.90 Å². The first-order chi connectivity index (χ1) is 12.0. The summed E-state index contributed by atoms with van der Waals surface area (Å²) in [7, 11) is -0.824. The summed E-state index contributed by atoms with van der Waals surface area (Å²) in [6.45, 7) is 0. The summed E-state index contributed by atoms with van der Waals surface area (Å²) >= 11 is 0. The smallest absolute Gasteiger partial charge is 0.262 e. The zero-order valence-electron chi connectivity index (χ0n) is 13.8. The van der Waals surface area contributed by atoms with Crippen molar-refractivity contribution in [3.8, 4) is 17.2 Å². The first-order valence-corrected chi connectivity index (χ1v) is 9.00. The molecule has 0 saturated carbocycles. The molecule has 6 nitrogen and oxygen atoms in total. The highest BCUT2D eigenvalue weighted by atomic mass is 32.2. The minimum absolute atomic E-state index is 0.0902. The normalized spacial score (nSPS) is 11.1. The van der Waals surface area contributed by atoms with Crippen LogP contribution in [0.5, 0.6) is 11.5 Å². The van der Waals surface area contributed by atoms with Gasteiger partial charge in [-0.1, -0.05) is 12.1 Å². The van der Waals surface area contributed by atoms with Gasteiger partial charge in [0.25, 0.3) is 10.0 Å². The average Bonchev–Trinajstić information content (AvgIpc) is 3.15. The fourth-order valence-electron chi connectivity index (χ4n) is 2.47. The highest BCUT2D eigenvalue weighted by molar-refractivity contribution is 7.92. The SMILES string of the molecule is COc1ccc(S(=O)(=O)Nc2ccccc2-n2cccc2)cc1OC. The molecule has 2 aromatic carbocycles. The van der Waals surface area contributed by atoms with Crippen molar-refractivity contribution in [1.29, 1.82) is 0 Å². The Bertz CT molecular complexity index is 967. The van der Waals surface area contributed by atoms with Crippen molar-refractivity contribution < 1.29 is 17.9 Å². The van der Waals surface area contributed by atoms with Gasteiger partial charge in [0.05, 0.1) is 30.5 Å². The van der Waals surface area contributed by atoms with Crippen LogP contribution in [-0.2, 0) is 10.0 Å². The number of hydrogen-bond acceptors (Lipinski definition) is 4. The van der Waals surface area contributed by atoms with E-state index in [1.54, 1.807) is 18.2 Å². The summed E-state index contributed by atoms with van der Waals surface area (Å²) in [5.41, 5.74) is 1.21. The Kier molecular flexibility index (Phi) is 4.67. The van der Waals surface area contributed by atoms with E-state index in [4.69, 9.17) is 9.47 Å². The largest absolute Gasteiger partial charge is 0.493 e. The van der Waals surface area contributed by atoms with Crippen molar-refractivity contribution in [1.82, 2.24) is 4.57 Å². The summed E-state index contributed by atoms with van der Waals surface area (Å²) in [5, 5.41) is 0. The number of methoxy groups -OCH3 is 2. The molecule has 25 heavy (non-hydrogen) atoms. The van der Waals surface area contributed by atoms with Crippen molar-refractivity contribution >= 4 is 15.7 Å². The first-order valence-electron chi connectivity index (χ1n) is 7.52. The van der Waals surface area contributed by atoms with Gasteiger partial charge in [-0.2, -0.15) is 0 Å². The number of para-hydroxylation sites is 2. The molecule has 0 amide bonds. The third kappa shape index (κ3) is 3.46. The van der Waals surface area contributed by atoms with E-state index in [1.807, 2.05) is 41.2 Å². The minimum Gasteiger partial charge on any atom is -0.493 e. The van der Waals surface area contributed by atoms with Crippen molar-refractivity contribution in [2.45, 2.75) is 4.90 Å². The lowest BCUT2D eigenvalue weighted by Crippen LogP contribution is -2.14. The maximum Gasteiger partial charge on any atom is 0.262 e. The maximum atomic E-state index is 12.8. The van der Waals surface area contributed by atoms with Crippen LogP contribution in [0.4, 0.5) is 5.69 Å². The van der Waals surface area contributed by atoms with Crippen LogP contribution in [0.1, 0.15) is 0 Å². The number of nitrogens with zero attached hydrogens (tertiary/aromatic N) is 1. The predicted molar refractivity (Wildman–Crippen MR) is 96.1 cm³/mol. The molecule has 0 aliphatic rings. The van der Waals surface area contributed by atoms with Crippen molar-refractivity contribution in [2.24, 2.45) is 0 Å². The van der Waals surface area contributed by atoms with Gasteiger partial charge >= 0.3 is 0 Å². The topological polar surface area (TPSA) is 69.6 Å². The van der Waals surface area contributed by atoms with Crippen LogP contribution < -0.4 is 14.2 Å². The standard InChI is InChI=1S/C18H18N2O4S/c1-23-17-10-9-14(13-18(17)24-2)25(21,22)19-15-7-3-4-8-16(15)20-11-5-6-12-20/h3-13,19H,1-2H3. The Labute approximate surface area is 146 Å². The summed E-state index contributed by atoms with van der Waals surface area (Å²) in [4.78, 5) is 0.0902.